The molecule has 0 aliphatic carbocycles. The fraction of sp³-hybridized carbons (Fsp3) is 0. The van der Waals surface area contributed by atoms with Crippen LogP contribution in [0.15, 0.2) is 56.0 Å². The molecule has 2 nitrogen and oxygen atoms in total. The van der Waals surface area contributed by atoms with Crippen molar-refractivity contribution in [3.05, 3.63) is 63.2 Å². The van der Waals surface area contributed by atoms with E-state index < -0.39 is 5.82 Å². The fourth-order valence-electron chi connectivity index (χ4n) is 1.47. The van der Waals surface area contributed by atoms with Crippen LogP contribution in [0.5, 0.6) is 5.75 Å². The smallest absolute Gasteiger partial charge is 0.150 e. The quantitative estimate of drug-likeness (QED) is 0.525. The summed E-state index contributed by atoms with van der Waals surface area (Å²) in [6.45, 7) is 0. The van der Waals surface area contributed by atoms with Gasteiger partial charge in [0.2, 0.25) is 0 Å². The molecular formula is C14H8Br2F2O2. The van der Waals surface area contributed by atoms with Crippen molar-refractivity contribution in [3.8, 4) is 5.75 Å². The largest absolute Gasteiger partial charge is 0.507 e. The Morgan fingerprint density at radius 2 is 1.60 bits per heavy atom. The molecule has 0 spiro atoms. The summed E-state index contributed by atoms with van der Waals surface area (Å²) >= 11 is 5.95. The minimum absolute atomic E-state index is 0.0741. The Morgan fingerprint density at radius 3 is 2.25 bits per heavy atom. The molecule has 0 aliphatic rings. The lowest BCUT2D eigenvalue weighted by molar-refractivity contribution is 0.464. The van der Waals surface area contributed by atoms with Crippen LogP contribution in [0.1, 0.15) is 0 Å². The Balaban J connectivity index is 0.000000151. The first kappa shape index (κ1) is 15.0. The van der Waals surface area contributed by atoms with Crippen LogP contribution in [0.2, 0.25) is 0 Å². The summed E-state index contributed by atoms with van der Waals surface area (Å²) in [7, 11) is 0. The molecule has 20 heavy (non-hydrogen) atoms. The van der Waals surface area contributed by atoms with Crippen molar-refractivity contribution in [1.82, 2.24) is 0 Å². The van der Waals surface area contributed by atoms with Crippen LogP contribution in [-0.4, -0.2) is 5.11 Å². The highest BCUT2D eigenvalue weighted by Crippen LogP contribution is 2.27. The summed E-state index contributed by atoms with van der Waals surface area (Å²) in [4.78, 5) is 0. The number of hydrogen-bond donors (Lipinski definition) is 1. The van der Waals surface area contributed by atoms with Gasteiger partial charge in [-0.2, -0.15) is 0 Å². The maximum Gasteiger partial charge on any atom is 0.150 e. The molecule has 0 unspecified atom stereocenters. The molecule has 0 fully saturated rings. The molecule has 2 aromatic carbocycles. The molecule has 0 bridgehead atoms. The highest BCUT2D eigenvalue weighted by molar-refractivity contribution is 9.11. The summed E-state index contributed by atoms with van der Waals surface area (Å²) < 4.78 is 30.7. The molecule has 1 N–H and O–H groups in total. The SMILES string of the molecule is Fc1ccc2ccoc2c1Br.Oc1cccc(F)c1Br. The van der Waals surface area contributed by atoms with Gasteiger partial charge in [0.05, 0.1) is 15.2 Å². The molecule has 0 amide bonds. The molecule has 6 heteroatoms. The predicted molar refractivity (Wildman–Crippen MR) is 79.6 cm³/mol. The second-order valence-electron chi connectivity index (χ2n) is 3.77. The first-order chi connectivity index (χ1) is 9.50. The van der Waals surface area contributed by atoms with Crippen LogP contribution in [0, 0.1) is 11.6 Å². The van der Waals surface area contributed by atoms with E-state index in [2.05, 4.69) is 31.9 Å². The van der Waals surface area contributed by atoms with Crippen LogP contribution in [0.4, 0.5) is 8.78 Å². The molecule has 0 aliphatic heterocycles. The highest BCUT2D eigenvalue weighted by Gasteiger charge is 2.05. The molecule has 104 valence electrons. The van der Waals surface area contributed by atoms with Crippen LogP contribution in [-0.2, 0) is 0 Å². The Bertz CT molecular complexity index is 721. The molecule has 1 aromatic heterocycles. The van der Waals surface area contributed by atoms with E-state index in [1.807, 2.05) is 0 Å². The van der Waals surface area contributed by atoms with Gasteiger partial charge in [-0.3, -0.25) is 0 Å². The van der Waals surface area contributed by atoms with Gasteiger partial charge in [0.15, 0.2) is 5.58 Å². The fourth-order valence-corrected chi connectivity index (χ4v) is 2.18. The first-order valence-corrected chi connectivity index (χ1v) is 7.03. The van der Waals surface area contributed by atoms with E-state index in [4.69, 9.17) is 9.52 Å². The lowest BCUT2D eigenvalue weighted by atomic mass is 10.2. The Labute approximate surface area is 130 Å². The number of furan rings is 1. The van der Waals surface area contributed by atoms with Gasteiger partial charge in [0, 0.05) is 5.39 Å². The molecule has 0 saturated carbocycles. The van der Waals surface area contributed by atoms with E-state index in [1.54, 1.807) is 12.1 Å². The number of phenolic OH excluding ortho intramolecular Hbond substituents is 1. The average molecular weight is 406 g/mol. The Morgan fingerprint density at radius 1 is 0.900 bits per heavy atom. The number of rotatable bonds is 0. The van der Waals surface area contributed by atoms with E-state index in [-0.39, 0.29) is 16.0 Å². The second kappa shape index (κ2) is 6.37. The third-order valence-electron chi connectivity index (χ3n) is 2.45. The van der Waals surface area contributed by atoms with Crippen LogP contribution >= 0.6 is 31.9 Å². The maximum atomic E-state index is 12.8. The normalized spacial score (nSPS) is 10.2. The molecule has 0 saturated heterocycles. The highest BCUT2D eigenvalue weighted by atomic mass is 79.9. The van der Waals surface area contributed by atoms with E-state index in [1.165, 1.54) is 30.5 Å². The van der Waals surface area contributed by atoms with Gasteiger partial charge in [-0.25, -0.2) is 8.78 Å². The number of halogens is 4. The minimum Gasteiger partial charge on any atom is -0.507 e. The number of aromatic hydroxyl groups is 1. The van der Waals surface area contributed by atoms with E-state index in [0.29, 0.717) is 10.1 Å². The summed E-state index contributed by atoms with van der Waals surface area (Å²) in [5.74, 6) is -0.822. The van der Waals surface area contributed by atoms with Crippen LogP contribution in [0.25, 0.3) is 11.0 Å². The second-order valence-corrected chi connectivity index (χ2v) is 5.36. The van der Waals surface area contributed by atoms with Gasteiger partial charge in [-0.05, 0) is 62.2 Å². The molecule has 1 heterocycles. The third kappa shape index (κ3) is 3.19. The molecule has 3 rings (SSSR count). The summed E-state index contributed by atoms with van der Waals surface area (Å²) in [6.07, 6.45) is 1.54. The van der Waals surface area contributed by atoms with Gasteiger partial charge >= 0.3 is 0 Å². The Kier molecular flexibility index (Phi) is 4.77. The zero-order chi connectivity index (χ0) is 14.7. The van der Waals surface area contributed by atoms with Crippen molar-refractivity contribution in [2.24, 2.45) is 0 Å². The average Bonchev–Trinajstić information content (AvgIpc) is 2.90. The van der Waals surface area contributed by atoms with E-state index in [9.17, 15) is 8.78 Å². The van der Waals surface area contributed by atoms with Gasteiger partial charge in [0.1, 0.15) is 17.4 Å². The first-order valence-electron chi connectivity index (χ1n) is 5.45. The topological polar surface area (TPSA) is 33.4 Å². The standard InChI is InChI=1S/C8H4BrFO.C6H4BrFO/c9-7-6(10)2-1-5-3-4-11-8(5)7;7-6-4(8)2-1-3-5(6)9/h1-4H;1-3,9H. The third-order valence-corrected chi connectivity index (χ3v) is 3.97. The van der Waals surface area contributed by atoms with Crippen molar-refractivity contribution in [1.29, 1.82) is 0 Å². The molecule has 0 atom stereocenters. The van der Waals surface area contributed by atoms with Gasteiger partial charge < -0.3 is 9.52 Å². The zero-order valence-corrected chi connectivity index (χ0v) is 13.1. The van der Waals surface area contributed by atoms with E-state index in [0.717, 1.165) is 5.39 Å². The van der Waals surface area contributed by atoms with Gasteiger partial charge in [0.25, 0.3) is 0 Å². The molecular weight excluding hydrogens is 398 g/mol. The number of phenols is 1. The predicted octanol–water partition coefficient (Wildman–Crippen LogP) is 5.63. The lowest BCUT2D eigenvalue weighted by Crippen LogP contribution is -1.75. The summed E-state index contributed by atoms with van der Waals surface area (Å²) in [5, 5.41) is 9.71. The van der Waals surface area contributed by atoms with Crippen molar-refractivity contribution in [2.75, 3.05) is 0 Å². The van der Waals surface area contributed by atoms with Crippen LogP contribution < -0.4 is 0 Å². The monoisotopic (exact) mass is 404 g/mol. The van der Waals surface area contributed by atoms with Crippen molar-refractivity contribution < 1.29 is 18.3 Å². The lowest BCUT2D eigenvalue weighted by Gasteiger charge is -1.94. The number of fused-ring (bicyclic) bond motifs is 1. The summed E-state index contributed by atoms with van der Waals surface area (Å²) in [6, 6.07) is 8.99. The van der Waals surface area contributed by atoms with Gasteiger partial charge in [-0.1, -0.05) is 6.07 Å². The van der Waals surface area contributed by atoms with Crippen molar-refractivity contribution in [3.63, 3.8) is 0 Å². The maximum absolute atomic E-state index is 12.8. The number of hydrogen-bond acceptors (Lipinski definition) is 2. The van der Waals surface area contributed by atoms with Crippen molar-refractivity contribution in [2.45, 2.75) is 0 Å². The minimum atomic E-state index is -0.449. The molecule has 3 aromatic rings. The van der Waals surface area contributed by atoms with Crippen molar-refractivity contribution >= 4 is 42.8 Å². The van der Waals surface area contributed by atoms with Gasteiger partial charge in [-0.15, -0.1) is 0 Å². The number of benzene rings is 2. The summed E-state index contributed by atoms with van der Waals surface area (Å²) in [5.41, 5.74) is 0.560. The molecule has 0 radical (unpaired) electrons. The van der Waals surface area contributed by atoms with Crippen LogP contribution in [0.3, 0.4) is 0 Å². The Hall–Kier alpha value is -1.40. The van der Waals surface area contributed by atoms with E-state index >= 15 is 0 Å². The zero-order valence-electron chi connectivity index (χ0n) is 9.91.